The summed E-state index contributed by atoms with van der Waals surface area (Å²) in [6.07, 6.45) is 4.45. The van der Waals surface area contributed by atoms with Crippen LogP contribution in [0.1, 0.15) is 32.9 Å². The van der Waals surface area contributed by atoms with Crippen LogP contribution in [0.2, 0.25) is 0 Å². The number of carbonyl (C=O) groups excluding carboxylic acids is 2. The Morgan fingerprint density at radius 3 is 2.50 bits per heavy atom. The van der Waals surface area contributed by atoms with Crippen molar-refractivity contribution in [1.29, 1.82) is 0 Å². The van der Waals surface area contributed by atoms with E-state index in [1.54, 1.807) is 3.33 Å². The van der Waals surface area contributed by atoms with E-state index in [1.165, 1.54) is 37.3 Å². The zero-order valence-electron chi connectivity index (χ0n) is 14.5. The van der Waals surface area contributed by atoms with E-state index in [0.717, 1.165) is 12.8 Å². The number of carbonyl (C=O) groups is 2. The fourth-order valence-corrected chi connectivity index (χ4v) is 19.0. The van der Waals surface area contributed by atoms with Gasteiger partial charge < -0.3 is 0 Å². The molecule has 3 nitrogen and oxygen atoms in total. The number of thioether (sulfide) groups is 1. The first-order valence-corrected chi connectivity index (χ1v) is 15.2. The molecule has 128 valence electrons. The first-order valence-electron chi connectivity index (χ1n) is 9.08. The number of allylic oxidation sites excluding steroid dienone is 1. The van der Waals surface area contributed by atoms with Crippen LogP contribution < -0.4 is 8.64 Å². The van der Waals surface area contributed by atoms with E-state index >= 15 is 0 Å². The molecule has 26 heavy (non-hydrogen) atoms. The van der Waals surface area contributed by atoms with Gasteiger partial charge in [-0.2, -0.15) is 0 Å². The summed E-state index contributed by atoms with van der Waals surface area (Å²) >= 11 is -1.15. The second-order valence-electron chi connectivity index (χ2n) is 7.23. The number of hydrogen-bond donors (Lipinski definition) is 1. The number of nitrogens with one attached hydrogen (secondary N) is 1. The molecule has 5 rings (SSSR count). The average Bonchev–Trinajstić information content (AvgIpc) is 3.21. The predicted molar refractivity (Wildman–Crippen MR) is 107 cm³/mol. The standard InChI is InChI=1S/C21H18NO2S.In/c1-2-15-10-12-16(13-11-15)6-5-9-17-7-3-4-8-18(17)14-19-20(23)22-21(24)25-19;/h3-4,8-14,19H,2,6H2,1H3,(H,22,23,24);. The third-order valence-corrected chi connectivity index (χ3v) is 18.6. The normalized spacial score (nSPS) is 22.8. The molecule has 5 heteroatoms. The van der Waals surface area contributed by atoms with Gasteiger partial charge >= 0.3 is 165 Å². The fraction of sp³-hybridized carbons (Fsp3) is 0.238. The molecular formula is C21H18InNO2S. The predicted octanol–water partition coefficient (Wildman–Crippen LogP) is 3.12. The second-order valence-corrected chi connectivity index (χ2v) is 17.0. The zero-order chi connectivity index (χ0) is 17.8. The molecule has 2 unspecified atom stereocenters. The molecule has 1 N–H and O–H groups in total. The van der Waals surface area contributed by atoms with Crippen LogP contribution in [0.4, 0.5) is 4.79 Å². The molecule has 3 aliphatic rings. The van der Waals surface area contributed by atoms with Gasteiger partial charge in [0.1, 0.15) is 0 Å². The Morgan fingerprint density at radius 2 is 1.85 bits per heavy atom. The van der Waals surface area contributed by atoms with Crippen molar-refractivity contribution < 1.29 is 9.59 Å². The van der Waals surface area contributed by atoms with Gasteiger partial charge in [-0.1, -0.05) is 0 Å². The quantitative estimate of drug-likeness (QED) is 0.759. The van der Waals surface area contributed by atoms with Crippen LogP contribution in [0.15, 0.2) is 45.8 Å². The minimum absolute atomic E-state index is 0.0892. The van der Waals surface area contributed by atoms with Crippen molar-refractivity contribution in [2.45, 2.75) is 28.7 Å². The second kappa shape index (κ2) is 6.31. The number of aryl methyl sites for hydroxylation is 1. The van der Waals surface area contributed by atoms with Crippen LogP contribution in [-0.4, -0.2) is 37.8 Å². The van der Waals surface area contributed by atoms with E-state index in [2.05, 4.69) is 60.8 Å². The molecule has 2 amide bonds. The Labute approximate surface area is 164 Å². The monoisotopic (exact) mass is 463 g/mol. The van der Waals surface area contributed by atoms with Crippen LogP contribution in [0, 0.1) is 0 Å². The van der Waals surface area contributed by atoms with E-state index < -0.39 is 21.4 Å². The van der Waals surface area contributed by atoms with Crippen molar-refractivity contribution in [2.75, 3.05) is 0 Å². The van der Waals surface area contributed by atoms with Crippen molar-refractivity contribution >= 4 is 53.7 Å². The number of hydrogen-bond acceptors (Lipinski definition) is 3. The number of benzene rings is 2. The molecule has 4 bridgehead atoms. The van der Waals surface area contributed by atoms with Gasteiger partial charge in [-0.15, -0.1) is 0 Å². The molecule has 0 radical (unpaired) electrons. The summed E-state index contributed by atoms with van der Waals surface area (Å²) < 4.78 is 3.38. The molecule has 2 aromatic rings. The topological polar surface area (TPSA) is 46.2 Å². The van der Waals surface area contributed by atoms with Crippen LogP contribution in [0.25, 0.3) is 6.08 Å². The maximum atomic E-state index is 12.4. The van der Waals surface area contributed by atoms with Gasteiger partial charge in [0.25, 0.3) is 0 Å². The SMILES string of the molecule is CCc1ccc(C[C]2=Cc3c4ccc[c]3[In]2[CH]4C2SC(=O)NC2=O)cc1. The van der Waals surface area contributed by atoms with E-state index in [4.69, 9.17) is 0 Å². The first kappa shape index (κ1) is 16.7. The van der Waals surface area contributed by atoms with Gasteiger partial charge in [-0.3, -0.25) is 0 Å². The molecule has 0 saturated carbocycles. The fourth-order valence-electron chi connectivity index (χ4n) is 4.64. The molecular weight excluding hydrogens is 445 g/mol. The Morgan fingerprint density at radius 1 is 1.08 bits per heavy atom. The number of amides is 2. The van der Waals surface area contributed by atoms with E-state index in [1.807, 2.05) is 0 Å². The molecule has 3 heterocycles. The minimum atomic E-state index is -2.35. The van der Waals surface area contributed by atoms with Crippen LogP contribution in [0.5, 0.6) is 0 Å². The Bertz CT molecular complexity index is 966. The van der Waals surface area contributed by atoms with Gasteiger partial charge in [0.15, 0.2) is 0 Å². The van der Waals surface area contributed by atoms with Crippen molar-refractivity contribution in [3.8, 4) is 0 Å². The van der Waals surface area contributed by atoms with Crippen LogP contribution >= 0.6 is 11.8 Å². The van der Waals surface area contributed by atoms with Gasteiger partial charge in [0, 0.05) is 0 Å². The molecule has 2 aromatic carbocycles. The summed E-state index contributed by atoms with van der Waals surface area (Å²) in [7, 11) is 0. The molecule has 1 saturated heterocycles. The average molecular weight is 463 g/mol. The first-order chi connectivity index (χ1) is 12.7. The van der Waals surface area contributed by atoms with Crippen molar-refractivity contribution in [1.82, 2.24) is 5.32 Å². The molecule has 3 aliphatic heterocycles. The van der Waals surface area contributed by atoms with Gasteiger partial charge in [0.2, 0.25) is 0 Å². The maximum absolute atomic E-state index is 12.4. The van der Waals surface area contributed by atoms with Crippen molar-refractivity contribution in [3.63, 3.8) is 0 Å². The molecule has 1 fully saturated rings. The third-order valence-electron chi connectivity index (χ3n) is 5.84. The van der Waals surface area contributed by atoms with E-state index in [-0.39, 0.29) is 20.1 Å². The summed E-state index contributed by atoms with van der Waals surface area (Å²) in [6, 6.07) is 15.5. The van der Waals surface area contributed by atoms with E-state index in [9.17, 15) is 9.59 Å². The van der Waals surface area contributed by atoms with Crippen LogP contribution in [-0.2, 0) is 17.6 Å². The Kier molecular flexibility index (Phi) is 4.05. The van der Waals surface area contributed by atoms with E-state index in [0.29, 0.717) is 0 Å². The number of rotatable bonds is 4. The number of imide groups is 1. The molecule has 2 atom stereocenters. The molecule has 0 spiro atoms. The molecule has 0 aliphatic carbocycles. The third kappa shape index (κ3) is 2.51. The summed E-state index contributed by atoms with van der Waals surface area (Å²) in [5.74, 6) is -0.0892. The summed E-state index contributed by atoms with van der Waals surface area (Å²) in [6.45, 7) is 2.17. The van der Waals surface area contributed by atoms with Crippen LogP contribution in [0.3, 0.4) is 0 Å². The van der Waals surface area contributed by atoms with Crippen molar-refractivity contribution in [3.05, 3.63) is 68.0 Å². The van der Waals surface area contributed by atoms with Gasteiger partial charge in [-0.25, -0.2) is 0 Å². The Hall–Kier alpha value is -1.46. The summed E-state index contributed by atoms with van der Waals surface area (Å²) in [5.41, 5.74) is 5.40. The van der Waals surface area contributed by atoms with Gasteiger partial charge in [-0.05, 0) is 0 Å². The summed E-state index contributed by atoms with van der Waals surface area (Å²) in [4.78, 5) is 24.1. The Balaban J connectivity index is 1.48. The summed E-state index contributed by atoms with van der Waals surface area (Å²) in [5, 5.41) is 2.08. The van der Waals surface area contributed by atoms with Gasteiger partial charge in [0.05, 0.1) is 0 Å². The van der Waals surface area contributed by atoms with Crippen molar-refractivity contribution in [2.24, 2.45) is 0 Å². The molecule has 0 aromatic heterocycles. The zero-order valence-corrected chi connectivity index (χ0v) is 18.6.